The van der Waals surface area contributed by atoms with Crippen molar-refractivity contribution in [2.45, 2.75) is 52.9 Å². The van der Waals surface area contributed by atoms with Crippen LogP contribution >= 0.6 is 22.7 Å². The van der Waals surface area contributed by atoms with Gasteiger partial charge in [0.05, 0.1) is 17.8 Å². The van der Waals surface area contributed by atoms with Crippen LogP contribution in [0, 0.1) is 6.92 Å². The number of rotatable bonds is 7. The summed E-state index contributed by atoms with van der Waals surface area (Å²) in [5, 5.41) is 4.09. The minimum absolute atomic E-state index is 0.114. The van der Waals surface area contributed by atoms with Crippen molar-refractivity contribution in [3.05, 3.63) is 26.1 Å². The van der Waals surface area contributed by atoms with Gasteiger partial charge in [0.25, 0.3) is 5.91 Å². The summed E-state index contributed by atoms with van der Waals surface area (Å²) in [7, 11) is 1.32. The maximum absolute atomic E-state index is 12.7. The largest absolute Gasteiger partial charge is 0.464 e. The van der Waals surface area contributed by atoms with Gasteiger partial charge in [-0.1, -0.05) is 27.2 Å². The second kappa shape index (κ2) is 8.53. The second-order valence-corrected chi connectivity index (χ2v) is 8.18. The summed E-state index contributed by atoms with van der Waals surface area (Å²) in [4.78, 5) is 34.7. The molecule has 2 aromatic rings. The summed E-state index contributed by atoms with van der Waals surface area (Å²) in [5.41, 5.74) is 1.10. The summed E-state index contributed by atoms with van der Waals surface area (Å²) in [6.07, 6.45) is 2.82. The Kier molecular flexibility index (Phi) is 6.66. The number of hydrogen-bond acceptors (Lipinski definition) is 7. The number of carbonyl (C=O) groups is 2. The number of carbonyl (C=O) groups excluding carboxylic acids is 2. The van der Waals surface area contributed by atoms with Crippen LogP contribution in [0.3, 0.4) is 0 Å². The average molecular weight is 382 g/mol. The molecule has 0 aromatic carbocycles. The van der Waals surface area contributed by atoms with Crippen LogP contribution in [-0.2, 0) is 11.2 Å². The molecule has 0 fully saturated rings. The third-order valence-electron chi connectivity index (χ3n) is 3.55. The second-order valence-electron chi connectivity index (χ2n) is 5.94. The van der Waals surface area contributed by atoms with Crippen LogP contribution in [0.25, 0.3) is 0 Å². The lowest BCUT2D eigenvalue weighted by molar-refractivity contribution is 0.0593. The Morgan fingerprint density at radius 1 is 1.24 bits per heavy atom. The number of anilines is 1. The Labute approximate surface area is 155 Å². The summed E-state index contributed by atoms with van der Waals surface area (Å²) in [6, 6.07) is 0. The van der Waals surface area contributed by atoms with E-state index in [0.29, 0.717) is 10.0 Å². The minimum atomic E-state index is -0.488. The molecular formula is C17H23N3O3S2. The smallest absolute Gasteiger partial charge is 0.357 e. The molecule has 0 aliphatic rings. The minimum Gasteiger partial charge on any atom is -0.464 e. The lowest BCUT2D eigenvalue weighted by atomic mass is 10.1. The van der Waals surface area contributed by atoms with Crippen molar-refractivity contribution in [1.82, 2.24) is 9.97 Å². The van der Waals surface area contributed by atoms with Gasteiger partial charge in [0, 0.05) is 4.88 Å². The number of hydrogen-bond donors (Lipinski definition) is 1. The van der Waals surface area contributed by atoms with Gasteiger partial charge in [-0.2, -0.15) is 0 Å². The van der Waals surface area contributed by atoms with Crippen LogP contribution in [0.2, 0.25) is 0 Å². The normalized spacial score (nSPS) is 11.0. The quantitative estimate of drug-likeness (QED) is 0.718. The molecule has 0 aliphatic carbocycles. The van der Waals surface area contributed by atoms with E-state index >= 15 is 0 Å². The Bertz CT molecular complexity index is 765. The SMILES string of the molecule is CCCCc1nc(C)sc1C(=O)Nc1nc(C(=O)OC)c(C(C)C)s1. The summed E-state index contributed by atoms with van der Waals surface area (Å²) in [6.45, 7) is 7.95. The first kappa shape index (κ1) is 19.5. The molecule has 0 bridgehead atoms. The first-order valence-corrected chi connectivity index (χ1v) is 9.87. The van der Waals surface area contributed by atoms with E-state index in [4.69, 9.17) is 4.74 Å². The van der Waals surface area contributed by atoms with E-state index < -0.39 is 5.97 Å². The van der Waals surface area contributed by atoms with E-state index in [2.05, 4.69) is 22.2 Å². The van der Waals surface area contributed by atoms with E-state index in [-0.39, 0.29) is 17.5 Å². The Balaban J connectivity index is 2.25. The Hall–Kier alpha value is -1.80. The number of methoxy groups -OCH3 is 1. The number of thiazole rings is 2. The lowest BCUT2D eigenvalue weighted by Crippen LogP contribution is -2.13. The molecule has 0 radical (unpaired) electrons. The van der Waals surface area contributed by atoms with Crippen molar-refractivity contribution in [3.63, 3.8) is 0 Å². The van der Waals surface area contributed by atoms with Crippen LogP contribution in [0.15, 0.2) is 0 Å². The highest BCUT2D eigenvalue weighted by molar-refractivity contribution is 7.16. The molecule has 0 saturated heterocycles. The van der Waals surface area contributed by atoms with Gasteiger partial charge in [-0.15, -0.1) is 22.7 Å². The molecule has 6 nitrogen and oxygen atoms in total. The molecule has 0 atom stereocenters. The van der Waals surface area contributed by atoms with Gasteiger partial charge >= 0.3 is 5.97 Å². The summed E-state index contributed by atoms with van der Waals surface area (Å²) in [5.74, 6) is -0.599. The van der Waals surface area contributed by atoms with E-state index in [1.807, 2.05) is 20.8 Å². The third-order valence-corrected chi connectivity index (χ3v) is 5.84. The monoisotopic (exact) mass is 381 g/mol. The van der Waals surface area contributed by atoms with E-state index in [1.165, 1.54) is 29.8 Å². The first-order chi connectivity index (χ1) is 11.9. The molecule has 0 saturated carbocycles. The molecule has 25 heavy (non-hydrogen) atoms. The molecule has 0 unspecified atom stereocenters. The molecule has 2 heterocycles. The summed E-state index contributed by atoms with van der Waals surface area (Å²) < 4.78 is 4.78. The van der Waals surface area contributed by atoms with Crippen molar-refractivity contribution >= 4 is 39.7 Å². The zero-order valence-corrected chi connectivity index (χ0v) is 16.8. The number of amides is 1. The molecule has 1 amide bonds. The fraction of sp³-hybridized carbons (Fsp3) is 0.529. The topological polar surface area (TPSA) is 81.2 Å². The van der Waals surface area contributed by atoms with Crippen LogP contribution < -0.4 is 5.32 Å². The van der Waals surface area contributed by atoms with E-state index in [9.17, 15) is 9.59 Å². The highest BCUT2D eigenvalue weighted by Crippen LogP contribution is 2.31. The van der Waals surface area contributed by atoms with Gasteiger partial charge in [-0.25, -0.2) is 14.8 Å². The average Bonchev–Trinajstić information content (AvgIpc) is 3.15. The van der Waals surface area contributed by atoms with Gasteiger partial charge in [0.1, 0.15) is 4.88 Å². The number of unbranched alkanes of at least 4 members (excludes halogenated alkanes) is 1. The van der Waals surface area contributed by atoms with Crippen molar-refractivity contribution in [3.8, 4) is 0 Å². The van der Waals surface area contributed by atoms with Gasteiger partial charge < -0.3 is 4.74 Å². The number of aromatic nitrogens is 2. The molecular weight excluding hydrogens is 358 g/mol. The maximum Gasteiger partial charge on any atom is 0.357 e. The molecule has 2 aromatic heterocycles. The van der Waals surface area contributed by atoms with Crippen molar-refractivity contribution < 1.29 is 14.3 Å². The fourth-order valence-electron chi connectivity index (χ4n) is 2.33. The zero-order chi connectivity index (χ0) is 18.6. The van der Waals surface area contributed by atoms with Crippen molar-refractivity contribution in [1.29, 1.82) is 0 Å². The van der Waals surface area contributed by atoms with E-state index in [0.717, 1.165) is 34.8 Å². The predicted octanol–water partition coefficient (Wildman–Crippen LogP) is 4.41. The third kappa shape index (κ3) is 4.64. The molecule has 1 N–H and O–H groups in total. The number of esters is 1. The molecule has 8 heteroatoms. The molecule has 0 spiro atoms. The van der Waals surface area contributed by atoms with Crippen molar-refractivity contribution in [2.24, 2.45) is 0 Å². The lowest BCUT2D eigenvalue weighted by Gasteiger charge is -2.02. The van der Waals surface area contributed by atoms with Crippen LogP contribution in [0.4, 0.5) is 5.13 Å². The molecule has 0 aliphatic heterocycles. The highest BCUT2D eigenvalue weighted by Gasteiger charge is 2.23. The highest BCUT2D eigenvalue weighted by atomic mass is 32.1. The Morgan fingerprint density at radius 3 is 2.56 bits per heavy atom. The van der Waals surface area contributed by atoms with E-state index in [1.54, 1.807) is 0 Å². The zero-order valence-electron chi connectivity index (χ0n) is 15.1. The van der Waals surface area contributed by atoms with Crippen molar-refractivity contribution in [2.75, 3.05) is 12.4 Å². The van der Waals surface area contributed by atoms with Gasteiger partial charge in [-0.3, -0.25) is 10.1 Å². The number of aryl methyl sites for hydroxylation is 2. The first-order valence-electron chi connectivity index (χ1n) is 8.24. The van der Waals surface area contributed by atoms with Gasteiger partial charge in [0.2, 0.25) is 0 Å². The molecule has 2 rings (SSSR count). The summed E-state index contributed by atoms with van der Waals surface area (Å²) >= 11 is 2.69. The standard InChI is InChI=1S/C17H23N3O3S2/c1-6-7-8-11-14(24-10(4)18-11)15(21)20-17-19-12(16(22)23-5)13(25-17)9(2)3/h9H,6-8H2,1-5H3,(H,19,20,21). The van der Waals surface area contributed by atoms with Gasteiger partial charge in [-0.05, 0) is 25.7 Å². The van der Waals surface area contributed by atoms with Gasteiger partial charge in [0.15, 0.2) is 10.8 Å². The molecule has 136 valence electrons. The predicted molar refractivity (Wildman–Crippen MR) is 101 cm³/mol. The number of nitrogens with zero attached hydrogens (tertiary/aromatic N) is 2. The number of ether oxygens (including phenoxy) is 1. The number of nitrogens with one attached hydrogen (secondary N) is 1. The van der Waals surface area contributed by atoms with Crippen LogP contribution in [-0.4, -0.2) is 29.0 Å². The fourth-order valence-corrected chi connectivity index (χ4v) is 4.15. The van der Waals surface area contributed by atoms with Crippen LogP contribution in [0.1, 0.15) is 75.3 Å². The van der Waals surface area contributed by atoms with Crippen LogP contribution in [0.5, 0.6) is 0 Å². The maximum atomic E-state index is 12.7. The Morgan fingerprint density at radius 2 is 1.96 bits per heavy atom.